The Labute approximate surface area is 581 Å². The van der Waals surface area contributed by atoms with Crippen LogP contribution in [0.4, 0.5) is 0 Å². The number of ketones is 2. The molecule has 0 aliphatic carbocycles. The van der Waals surface area contributed by atoms with Crippen LogP contribution in [-0.4, -0.2) is 154 Å². The molecule has 15 nitrogen and oxygen atoms in total. The minimum Gasteiger partial charge on any atom is -0.493 e. The minimum atomic E-state index is -0.396. The summed E-state index contributed by atoms with van der Waals surface area (Å²) in [5, 5.41) is 40.4. The van der Waals surface area contributed by atoms with Gasteiger partial charge in [-0.2, -0.15) is 0 Å². The Hall–Kier alpha value is -5.38. The number of halogens is 3. The largest absolute Gasteiger partial charge is 0.493 e. The highest BCUT2D eigenvalue weighted by molar-refractivity contribution is 9.11. The van der Waals surface area contributed by atoms with Gasteiger partial charge in [-0.3, -0.25) is 9.59 Å². The lowest BCUT2D eigenvalue weighted by molar-refractivity contribution is 0.0924. The van der Waals surface area contributed by atoms with Crippen LogP contribution in [0.5, 0.6) is 34.5 Å². The van der Waals surface area contributed by atoms with Gasteiger partial charge in [0.05, 0.1) is 70.3 Å². The molecule has 1 atom stereocenters. The van der Waals surface area contributed by atoms with Crippen LogP contribution >= 0.6 is 47.8 Å². The molecule has 0 amide bonds. The lowest BCUT2D eigenvalue weighted by atomic mass is 9.90. The minimum absolute atomic E-state index is 0.0185. The van der Waals surface area contributed by atoms with E-state index in [-0.39, 0.29) is 31.4 Å². The maximum Gasteiger partial charge on any atom is 0.170 e. The van der Waals surface area contributed by atoms with Crippen molar-refractivity contribution in [2.45, 2.75) is 116 Å². The fourth-order valence-corrected chi connectivity index (χ4v) is 14.2. The van der Waals surface area contributed by atoms with Crippen molar-refractivity contribution in [3.8, 4) is 34.5 Å². The van der Waals surface area contributed by atoms with Crippen molar-refractivity contribution in [3.05, 3.63) is 173 Å². The average Bonchev–Trinajstić information content (AvgIpc) is 0.939. The molecule has 12 rings (SSSR count). The number of piperidine rings is 3. The van der Waals surface area contributed by atoms with Gasteiger partial charge >= 0.3 is 0 Å². The number of nitrogens with one attached hydrogen (secondary N) is 1. The quantitative estimate of drug-likeness (QED) is 0.0407. The van der Waals surface area contributed by atoms with Gasteiger partial charge < -0.3 is 64.0 Å². The molecule has 0 aromatic heterocycles. The first kappa shape index (κ1) is 72.9. The van der Waals surface area contributed by atoms with E-state index < -0.39 is 6.10 Å². The molecule has 6 aromatic rings. The summed E-state index contributed by atoms with van der Waals surface area (Å²) in [7, 11) is 0. The van der Waals surface area contributed by atoms with E-state index in [9.17, 15) is 14.7 Å². The number of fused-ring (bicyclic) bond motifs is 3. The molecular weight excluding hydrogens is 1390 g/mol. The standard InChI is InChI=1S/C25H32BrNO4.C25H30BrNO4.C14H20BrNO2.C12H14O2/c2*26-22-3-1-20(17-25(22)31-14-12-28)15-19-6-10-27(11-7-19)9-5-18-2-4-24-21(16-18)23(29)8-13-30-24;15-13-2-1-12(10-14(13)18-8-7-17)9-11-3-5-16-6-4-11;1-2-3-9-4-5-12-10(8-9)11(13)6-7-14-12/h1-4,16-17,19,23,28-29H,5-15H2;1-4,16-17,19,28H,5-15H2;1-2,10-11,16-17H,3-9H2;4-5,8H,2-3,6-7H2,1H3. The lowest BCUT2D eigenvalue weighted by Crippen LogP contribution is -2.35. The van der Waals surface area contributed by atoms with Crippen molar-refractivity contribution in [1.29, 1.82) is 0 Å². The second-order valence-electron chi connectivity index (χ2n) is 25.4. The zero-order chi connectivity index (χ0) is 66.0. The number of hydrogen-bond donors (Lipinski definition) is 5. The molecule has 6 heterocycles. The smallest absolute Gasteiger partial charge is 0.170 e. The Morgan fingerprint density at radius 2 is 0.851 bits per heavy atom. The molecule has 0 bridgehead atoms. The Morgan fingerprint density at radius 3 is 1.28 bits per heavy atom. The number of rotatable bonds is 23. The van der Waals surface area contributed by atoms with E-state index >= 15 is 0 Å². The van der Waals surface area contributed by atoms with Crippen LogP contribution in [0.25, 0.3) is 0 Å². The van der Waals surface area contributed by atoms with Gasteiger partial charge in [0.1, 0.15) is 54.3 Å². The summed E-state index contributed by atoms with van der Waals surface area (Å²) in [5.41, 5.74) is 10.1. The van der Waals surface area contributed by atoms with E-state index in [1.165, 1.54) is 71.9 Å². The average molecular weight is 1480 g/mol. The number of aryl methyl sites for hydroxylation is 1. The van der Waals surface area contributed by atoms with Gasteiger partial charge in [0.25, 0.3) is 0 Å². The van der Waals surface area contributed by atoms with Gasteiger partial charge in [-0.05, 0) is 288 Å². The van der Waals surface area contributed by atoms with Gasteiger partial charge in [-0.25, -0.2) is 0 Å². The molecule has 18 heteroatoms. The van der Waals surface area contributed by atoms with Crippen molar-refractivity contribution in [2.75, 3.05) is 112 Å². The van der Waals surface area contributed by atoms with Crippen LogP contribution in [0.15, 0.2) is 123 Å². The van der Waals surface area contributed by atoms with Crippen LogP contribution in [0.2, 0.25) is 0 Å². The summed E-state index contributed by atoms with van der Waals surface area (Å²) >= 11 is 10.5. The molecule has 1 unspecified atom stereocenters. The summed E-state index contributed by atoms with van der Waals surface area (Å²) in [6.45, 7) is 13.7. The highest BCUT2D eigenvalue weighted by Gasteiger charge is 2.25. The number of carbonyl (C=O) groups is 2. The van der Waals surface area contributed by atoms with Gasteiger partial charge in [0.15, 0.2) is 11.6 Å². The number of Topliss-reactive ketones (excluding diaryl/α,β-unsaturated/α-hetero) is 2. The molecule has 508 valence electrons. The molecule has 3 fully saturated rings. The number of carbonyl (C=O) groups excluding carboxylic acids is 2. The van der Waals surface area contributed by atoms with Crippen molar-refractivity contribution < 1.29 is 58.4 Å². The number of aliphatic hydroxyl groups is 4. The Morgan fingerprint density at radius 1 is 0.468 bits per heavy atom. The van der Waals surface area contributed by atoms with Crippen LogP contribution in [0.1, 0.15) is 137 Å². The van der Waals surface area contributed by atoms with Crippen LogP contribution in [0.3, 0.4) is 0 Å². The molecule has 6 aliphatic rings. The molecule has 6 aromatic carbocycles. The maximum atomic E-state index is 12.1. The fraction of sp³-hybridized carbons (Fsp3) is 0.500. The normalized spacial score (nSPS) is 17.6. The van der Waals surface area contributed by atoms with E-state index in [1.807, 2.05) is 54.6 Å². The van der Waals surface area contributed by atoms with Crippen molar-refractivity contribution in [1.82, 2.24) is 15.1 Å². The van der Waals surface area contributed by atoms with E-state index in [4.69, 9.17) is 43.7 Å². The number of aliphatic hydroxyl groups excluding tert-OH is 4. The third kappa shape index (κ3) is 22.6. The summed E-state index contributed by atoms with van der Waals surface area (Å²) in [5.74, 6) is 7.32. The molecule has 0 spiro atoms. The van der Waals surface area contributed by atoms with Crippen LogP contribution < -0.4 is 33.7 Å². The second-order valence-corrected chi connectivity index (χ2v) is 27.9. The van der Waals surface area contributed by atoms with Gasteiger partial charge in [-0.1, -0.05) is 49.7 Å². The third-order valence-electron chi connectivity index (χ3n) is 18.4. The summed E-state index contributed by atoms with van der Waals surface area (Å²) in [6, 6.07) is 37.1. The Kier molecular flexibility index (Phi) is 29.9. The predicted molar refractivity (Wildman–Crippen MR) is 380 cm³/mol. The lowest BCUT2D eigenvalue weighted by Gasteiger charge is -2.32. The van der Waals surface area contributed by atoms with E-state index in [0.29, 0.717) is 70.7 Å². The van der Waals surface area contributed by atoms with Gasteiger partial charge in [0.2, 0.25) is 0 Å². The SMILES string of the molecule is CCCc1ccc2c(c1)C(=O)CCO2.O=C1CCOc2ccc(CCN3CCC(Cc4ccc(Br)c(OCCO)c4)CC3)cc21.OCCOc1cc(CC2CCN(CCc3ccc4c(c3)C(O)CCO4)CC2)ccc1Br.OCCOc1cc(CC2CCNCC2)ccc1Br. The van der Waals surface area contributed by atoms with E-state index in [2.05, 4.69) is 124 Å². The van der Waals surface area contributed by atoms with Crippen molar-refractivity contribution in [2.24, 2.45) is 17.8 Å². The predicted octanol–water partition coefficient (Wildman–Crippen LogP) is 13.4. The number of likely N-dealkylation sites (tertiary alicyclic amines) is 2. The van der Waals surface area contributed by atoms with E-state index in [1.54, 1.807) is 0 Å². The van der Waals surface area contributed by atoms with Crippen molar-refractivity contribution in [3.63, 3.8) is 0 Å². The maximum absolute atomic E-state index is 12.1. The Bertz CT molecular complexity index is 3350. The topological polar surface area (TPSA) is 189 Å². The number of hydrogen-bond acceptors (Lipinski definition) is 15. The Balaban J connectivity index is 0.000000155. The fourth-order valence-electron chi connectivity index (χ4n) is 13.1. The highest BCUT2D eigenvalue weighted by Crippen LogP contribution is 2.36. The second kappa shape index (κ2) is 38.5. The van der Waals surface area contributed by atoms with E-state index in [0.717, 1.165) is 168 Å². The molecule has 3 saturated heterocycles. The first-order valence-corrected chi connectivity index (χ1v) is 36.5. The van der Waals surface area contributed by atoms with Crippen LogP contribution in [-0.2, 0) is 38.5 Å². The number of nitrogens with zero attached hydrogens (tertiary/aromatic N) is 2. The molecule has 6 aliphatic heterocycles. The monoisotopic (exact) mass is 1480 g/mol. The molecule has 0 radical (unpaired) electrons. The summed E-state index contributed by atoms with van der Waals surface area (Å²) < 4.78 is 36.2. The molecule has 0 saturated carbocycles. The zero-order valence-electron chi connectivity index (χ0n) is 54.6. The zero-order valence-corrected chi connectivity index (χ0v) is 59.4. The summed E-state index contributed by atoms with van der Waals surface area (Å²) in [4.78, 5) is 28.8. The van der Waals surface area contributed by atoms with Crippen LogP contribution in [0, 0.1) is 17.8 Å². The highest BCUT2D eigenvalue weighted by atomic mass is 79.9. The molecular formula is C76H96Br3N3O12. The number of ether oxygens (including phenoxy) is 6. The van der Waals surface area contributed by atoms with Gasteiger partial charge in [-0.15, -0.1) is 0 Å². The molecule has 94 heavy (non-hydrogen) atoms. The third-order valence-corrected chi connectivity index (χ3v) is 20.4. The first-order chi connectivity index (χ1) is 45.8. The summed E-state index contributed by atoms with van der Waals surface area (Å²) in [6.07, 6.45) is 15.9. The van der Waals surface area contributed by atoms with Gasteiger partial charge in [0, 0.05) is 37.9 Å². The van der Waals surface area contributed by atoms with Crippen molar-refractivity contribution >= 4 is 59.4 Å². The number of benzene rings is 6. The molecule has 5 N–H and O–H groups in total. The first-order valence-electron chi connectivity index (χ1n) is 34.1.